The van der Waals surface area contributed by atoms with Crippen molar-refractivity contribution < 1.29 is 9.59 Å². The molecule has 0 spiro atoms. The average molecular weight is 328 g/mol. The van der Waals surface area contributed by atoms with Crippen molar-refractivity contribution >= 4 is 41.0 Å². The number of rotatable bonds is 4. The molecule has 1 fully saturated rings. The number of benzene rings is 1. The molecular weight excluding hydrogens is 310 g/mol. The normalized spacial score (nSPS) is 21.4. The van der Waals surface area contributed by atoms with E-state index >= 15 is 0 Å². The highest BCUT2D eigenvalue weighted by Gasteiger charge is 2.23. The van der Waals surface area contributed by atoms with E-state index < -0.39 is 0 Å². The van der Waals surface area contributed by atoms with E-state index in [-0.39, 0.29) is 29.1 Å². The molecule has 0 aliphatic carbocycles. The van der Waals surface area contributed by atoms with E-state index in [1.807, 2.05) is 19.9 Å². The van der Waals surface area contributed by atoms with Crippen molar-refractivity contribution in [1.29, 1.82) is 0 Å². The second-order valence-electron chi connectivity index (χ2n) is 5.01. The van der Waals surface area contributed by atoms with E-state index in [0.29, 0.717) is 5.02 Å². The van der Waals surface area contributed by atoms with Crippen LogP contribution in [0.5, 0.6) is 0 Å². The number of urea groups is 1. The Labute approximate surface area is 133 Å². The lowest BCUT2D eigenvalue weighted by Gasteiger charge is -2.28. The maximum Gasteiger partial charge on any atom is 0.315 e. The minimum atomic E-state index is -0.183. The predicted octanol–water partition coefficient (Wildman–Crippen LogP) is 2.74. The molecule has 5 nitrogen and oxygen atoms in total. The lowest BCUT2D eigenvalue weighted by molar-refractivity contribution is -0.113. The van der Waals surface area contributed by atoms with Gasteiger partial charge in [0.25, 0.3) is 0 Å². The van der Waals surface area contributed by atoms with Gasteiger partial charge in [-0.25, -0.2) is 4.79 Å². The van der Waals surface area contributed by atoms with E-state index in [9.17, 15) is 9.59 Å². The number of hydrogen-bond donors (Lipinski definition) is 3. The molecule has 1 heterocycles. The fraction of sp³-hybridized carbons (Fsp3) is 0.429. The summed E-state index contributed by atoms with van der Waals surface area (Å²) in [6.07, 6.45) is 0.792. The summed E-state index contributed by atoms with van der Waals surface area (Å²) in [5.41, 5.74) is 1.57. The summed E-state index contributed by atoms with van der Waals surface area (Å²) in [7, 11) is 0. The molecule has 114 valence electrons. The standard InChI is InChI=1S/C14H18ClN3O2S/c1-8-6-13(18-14(20)16-8)21-7-12(19)17-11-5-3-4-10(15)9(11)2/h3-5,8,13H,6-7H2,1-2H3,(H,17,19)(H2,16,18,20). The van der Waals surface area contributed by atoms with E-state index in [1.54, 1.807) is 12.1 Å². The Balaban J connectivity index is 1.85. The van der Waals surface area contributed by atoms with Gasteiger partial charge >= 0.3 is 6.03 Å². The minimum absolute atomic E-state index is 0.0417. The molecular formula is C14H18ClN3O2S. The second kappa shape index (κ2) is 7.04. The molecule has 2 unspecified atom stereocenters. The van der Waals surface area contributed by atoms with Crippen molar-refractivity contribution in [3.63, 3.8) is 0 Å². The first kappa shape index (κ1) is 16.0. The van der Waals surface area contributed by atoms with Gasteiger partial charge in [-0.3, -0.25) is 4.79 Å². The molecule has 3 amide bonds. The summed E-state index contributed by atoms with van der Waals surface area (Å²) < 4.78 is 0. The number of carbonyl (C=O) groups excluding carboxylic acids is 2. The molecule has 2 rings (SSSR count). The number of hydrogen-bond acceptors (Lipinski definition) is 3. The molecule has 7 heteroatoms. The monoisotopic (exact) mass is 327 g/mol. The van der Waals surface area contributed by atoms with Crippen LogP contribution in [-0.4, -0.2) is 29.1 Å². The van der Waals surface area contributed by atoms with Crippen molar-refractivity contribution in [2.45, 2.75) is 31.7 Å². The molecule has 1 saturated heterocycles. The van der Waals surface area contributed by atoms with Crippen LogP contribution in [0.3, 0.4) is 0 Å². The first-order chi connectivity index (χ1) is 9.95. The highest BCUT2D eigenvalue weighted by Crippen LogP contribution is 2.23. The first-order valence-corrected chi connectivity index (χ1v) is 8.12. The molecule has 1 aliphatic heterocycles. The highest BCUT2D eigenvalue weighted by molar-refractivity contribution is 8.00. The Kier molecular flexibility index (Phi) is 5.36. The number of anilines is 1. The summed E-state index contributed by atoms with van der Waals surface area (Å²) in [5.74, 6) is 0.176. The Morgan fingerprint density at radius 3 is 2.95 bits per heavy atom. The zero-order chi connectivity index (χ0) is 15.4. The first-order valence-electron chi connectivity index (χ1n) is 6.69. The van der Waals surface area contributed by atoms with Crippen molar-refractivity contribution in [2.24, 2.45) is 0 Å². The third-order valence-corrected chi connectivity index (χ3v) is 4.75. The Hall–Kier alpha value is -1.40. The summed E-state index contributed by atoms with van der Waals surface area (Å²) in [4.78, 5) is 23.3. The largest absolute Gasteiger partial charge is 0.336 e. The van der Waals surface area contributed by atoms with Gasteiger partial charge in [0.15, 0.2) is 0 Å². The van der Waals surface area contributed by atoms with Gasteiger partial charge in [0.05, 0.1) is 11.1 Å². The average Bonchev–Trinajstić information content (AvgIpc) is 2.41. The zero-order valence-electron chi connectivity index (χ0n) is 11.9. The van der Waals surface area contributed by atoms with Gasteiger partial charge in [0.2, 0.25) is 5.91 Å². The quantitative estimate of drug-likeness (QED) is 0.796. The van der Waals surface area contributed by atoms with Gasteiger partial charge in [-0.1, -0.05) is 17.7 Å². The molecule has 21 heavy (non-hydrogen) atoms. The van der Waals surface area contributed by atoms with Crippen LogP contribution in [-0.2, 0) is 4.79 Å². The van der Waals surface area contributed by atoms with Crippen LogP contribution in [0.4, 0.5) is 10.5 Å². The Morgan fingerprint density at radius 2 is 2.24 bits per heavy atom. The van der Waals surface area contributed by atoms with E-state index in [1.165, 1.54) is 11.8 Å². The molecule has 0 saturated carbocycles. The highest BCUT2D eigenvalue weighted by atomic mass is 35.5. The minimum Gasteiger partial charge on any atom is -0.336 e. The van der Waals surface area contributed by atoms with Crippen LogP contribution in [0.25, 0.3) is 0 Å². The SMILES string of the molecule is Cc1c(Cl)cccc1NC(=O)CSC1CC(C)NC(=O)N1. The van der Waals surface area contributed by atoms with Gasteiger partial charge in [-0.15, -0.1) is 11.8 Å². The van der Waals surface area contributed by atoms with Gasteiger partial charge in [0, 0.05) is 16.8 Å². The fourth-order valence-corrected chi connectivity index (χ4v) is 3.28. The lowest BCUT2D eigenvalue weighted by atomic mass is 10.2. The molecule has 0 aromatic heterocycles. The molecule has 0 radical (unpaired) electrons. The van der Waals surface area contributed by atoms with Crippen molar-refractivity contribution in [3.05, 3.63) is 28.8 Å². The smallest absolute Gasteiger partial charge is 0.315 e. The van der Waals surface area contributed by atoms with Crippen LogP contribution in [0, 0.1) is 6.92 Å². The molecule has 1 aromatic rings. The van der Waals surface area contributed by atoms with Crippen molar-refractivity contribution in [3.8, 4) is 0 Å². The number of carbonyl (C=O) groups is 2. The lowest BCUT2D eigenvalue weighted by Crippen LogP contribution is -2.52. The summed E-state index contributed by atoms with van der Waals surface area (Å²) in [6.45, 7) is 3.81. The van der Waals surface area contributed by atoms with Crippen LogP contribution in [0.2, 0.25) is 5.02 Å². The van der Waals surface area contributed by atoms with Gasteiger partial charge < -0.3 is 16.0 Å². The van der Waals surface area contributed by atoms with Gasteiger partial charge in [0.1, 0.15) is 0 Å². The third kappa shape index (κ3) is 4.54. The maximum absolute atomic E-state index is 12.0. The summed E-state index contributed by atoms with van der Waals surface area (Å²) in [6, 6.07) is 5.34. The van der Waals surface area contributed by atoms with Crippen LogP contribution < -0.4 is 16.0 Å². The number of thioether (sulfide) groups is 1. The van der Waals surface area contributed by atoms with Gasteiger partial charge in [-0.2, -0.15) is 0 Å². The molecule has 3 N–H and O–H groups in total. The summed E-state index contributed by atoms with van der Waals surface area (Å²) >= 11 is 7.44. The maximum atomic E-state index is 12.0. The molecule has 1 aromatic carbocycles. The zero-order valence-corrected chi connectivity index (χ0v) is 13.5. The molecule has 0 bridgehead atoms. The topological polar surface area (TPSA) is 70.2 Å². The van der Waals surface area contributed by atoms with Crippen LogP contribution >= 0.6 is 23.4 Å². The van der Waals surface area contributed by atoms with Gasteiger partial charge in [-0.05, 0) is 38.0 Å². The van der Waals surface area contributed by atoms with Crippen molar-refractivity contribution in [1.82, 2.24) is 10.6 Å². The van der Waals surface area contributed by atoms with Crippen LogP contribution in [0.1, 0.15) is 18.9 Å². The number of amides is 3. The predicted molar refractivity (Wildman–Crippen MR) is 86.8 cm³/mol. The third-order valence-electron chi connectivity index (χ3n) is 3.19. The van der Waals surface area contributed by atoms with Crippen molar-refractivity contribution in [2.75, 3.05) is 11.1 Å². The number of halogens is 1. The van der Waals surface area contributed by atoms with Crippen LogP contribution in [0.15, 0.2) is 18.2 Å². The Morgan fingerprint density at radius 1 is 1.48 bits per heavy atom. The Bertz CT molecular complexity index is 553. The molecule has 2 atom stereocenters. The number of nitrogens with one attached hydrogen (secondary N) is 3. The van der Waals surface area contributed by atoms with E-state index in [2.05, 4.69) is 16.0 Å². The fourth-order valence-electron chi connectivity index (χ4n) is 2.07. The molecule has 1 aliphatic rings. The van der Waals surface area contributed by atoms with E-state index in [4.69, 9.17) is 11.6 Å². The van der Waals surface area contributed by atoms with E-state index in [0.717, 1.165) is 17.7 Å². The second-order valence-corrected chi connectivity index (χ2v) is 6.61. The summed E-state index contributed by atoms with van der Waals surface area (Å²) in [5, 5.41) is 8.99.